The van der Waals surface area contributed by atoms with E-state index in [0.29, 0.717) is 6.61 Å². The van der Waals surface area contributed by atoms with Crippen molar-refractivity contribution in [3.05, 3.63) is 28.8 Å². The van der Waals surface area contributed by atoms with Crippen LogP contribution in [0.25, 0.3) is 0 Å². The molecule has 1 aromatic rings. The van der Waals surface area contributed by atoms with Crippen LogP contribution in [0.5, 0.6) is 0 Å². The van der Waals surface area contributed by atoms with E-state index in [1.165, 1.54) is 12.1 Å². The molecule has 8 heteroatoms. The lowest BCUT2D eigenvalue weighted by molar-refractivity contribution is -0.108. The van der Waals surface area contributed by atoms with Crippen LogP contribution in [0.15, 0.2) is 23.1 Å². The van der Waals surface area contributed by atoms with Crippen molar-refractivity contribution in [3.8, 4) is 0 Å². The molecule has 1 fully saturated rings. The fraction of sp³-hybridized carbons (Fsp3) is 0.364. The highest BCUT2D eigenvalue weighted by Gasteiger charge is 2.28. The number of hydrogen-bond donors (Lipinski definition) is 1. The average molecular weight is 306 g/mol. The van der Waals surface area contributed by atoms with Crippen molar-refractivity contribution in [3.63, 3.8) is 0 Å². The molecule has 1 N–H and O–H groups in total. The third-order valence-corrected chi connectivity index (χ3v) is 4.69. The van der Waals surface area contributed by atoms with Gasteiger partial charge in [0, 0.05) is 6.54 Å². The topological polar surface area (TPSA) is 83.9 Å². The Hall–Kier alpha value is -1.15. The minimum absolute atomic E-state index is 0.0793. The van der Waals surface area contributed by atoms with Gasteiger partial charge in [0.2, 0.25) is 0 Å². The molecule has 104 valence electrons. The Morgan fingerprint density at radius 1 is 1.37 bits per heavy atom. The molecule has 1 aromatic carbocycles. The number of hydrogen-bond acceptors (Lipinski definition) is 4. The summed E-state index contributed by atoms with van der Waals surface area (Å²) >= 11 is 5.76. The number of hydroxylamine groups is 1. The molecule has 0 atom stereocenters. The predicted octanol–water partition coefficient (Wildman–Crippen LogP) is 1.75. The first-order valence-electron chi connectivity index (χ1n) is 5.61. The highest BCUT2D eigenvalue weighted by molar-refractivity contribution is 7.89. The average Bonchev–Trinajstić information content (AvgIpc) is 2.39. The van der Waals surface area contributed by atoms with E-state index < -0.39 is 16.0 Å². The quantitative estimate of drug-likeness (QED) is 0.920. The molecule has 0 amide bonds. The van der Waals surface area contributed by atoms with Gasteiger partial charge < -0.3 is 5.11 Å². The molecular weight excluding hydrogens is 294 g/mol. The van der Waals surface area contributed by atoms with Crippen LogP contribution in [-0.4, -0.2) is 37.1 Å². The Morgan fingerprint density at radius 3 is 2.63 bits per heavy atom. The first-order chi connectivity index (χ1) is 8.93. The molecule has 0 unspecified atom stereocenters. The zero-order chi connectivity index (χ0) is 14.0. The molecule has 2 rings (SSSR count). The van der Waals surface area contributed by atoms with Gasteiger partial charge in [0.1, 0.15) is 0 Å². The Kier molecular flexibility index (Phi) is 4.10. The third-order valence-electron chi connectivity index (χ3n) is 2.71. The molecule has 0 aliphatic carbocycles. The van der Waals surface area contributed by atoms with Gasteiger partial charge in [-0.25, -0.2) is 13.2 Å². The highest BCUT2D eigenvalue weighted by Crippen LogP contribution is 2.25. The normalized spacial score (nSPS) is 17.3. The summed E-state index contributed by atoms with van der Waals surface area (Å²) in [6, 6.07) is 3.50. The van der Waals surface area contributed by atoms with E-state index in [2.05, 4.69) is 0 Å². The van der Waals surface area contributed by atoms with Crippen LogP contribution in [0.3, 0.4) is 0 Å². The lowest BCUT2D eigenvalue weighted by atomic mass is 10.2. The van der Waals surface area contributed by atoms with Crippen molar-refractivity contribution in [1.29, 1.82) is 0 Å². The number of benzene rings is 1. The molecule has 19 heavy (non-hydrogen) atoms. The maximum absolute atomic E-state index is 12.2. The number of rotatable bonds is 3. The molecule has 1 aliphatic heterocycles. The monoisotopic (exact) mass is 305 g/mol. The number of carboxylic acid groups (broad SMARTS) is 1. The number of carbonyl (C=O) groups is 1. The van der Waals surface area contributed by atoms with Crippen LogP contribution in [-0.2, 0) is 14.9 Å². The van der Waals surface area contributed by atoms with E-state index in [1.54, 1.807) is 0 Å². The highest BCUT2D eigenvalue weighted by atomic mass is 35.5. The van der Waals surface area contributed by atoms with Crippen molar-refractivity contribution in [2.75, 3.05) is 13.2 Å². The summed E-state index contributed by atoms with van der Waals surface area (Å²) < 4.78 is 25.4. The number of halogens is 1. The molecule has 1 aliphatic rings. The summed E-state index contributed by atoms with van der Waals surface area (Å²) in [4.78, 5) is 15.8. The minimum Gasteiger partial charge on any atom is -0.478 e. The largest absolute Gasteiger partial charge is 0.478 e. The van der Waals surface area contributed by atoms with E-state index in [4.69, 9.17) is 21.5 Å². The van der Waals surface area contributed by atoms with E-state index >= 15 is 0 Å². The summed E-state index contributed by atoms with van der Waals surface area (Å²) in [7, 11) is -3.79. The van der Waals surface area contributed by atoms with Crippen LogP contribution in [0, 0.1) is 0 Å². The van der Waals surface area contributed by atoms with Gasteiger partial charge in [-0.3, -0.25) is 4.84 Å². The first kappa shape index (κ1) is 14.3. The summed E-state index contributed by atoms with van der Waals surface area (Å²) in [6.45, 7) is 0.626. The van der Waals surface area contributed by atoms with Crippen LogP contribution in [0.2, 0.25) is 5.02 Å². The SMILES string of the molecule is O=C(O)c1ccc(S(=O)(=O)N2CCCCO2)cc1Cl. The Morgan fingerprint density at radius 2 is 2.11 bits per heavy atom. The molecule has 0 radical (unpaired) electrons. The molecule has 1 saturated heterocycles. The smallest absolute Gasteiger partial charge is 0.337 e. The second-order valence-electron chi connectivity index (χ2n) is 4.02. The first-order valence-corrected chi connectivity index (χ1v) is 7.43. The van der Waals surface area contributed by atoms with Gasteiger partial charge in [-0.15, -0.1) is 0 Å². The van der Waals surface area contributed by atoms with Gasteiger partial charge in [-0.2, -0.15) is 0 Å². The van der Waals surface area contributed by atoms with Gasteiger partial charge in [0.05, 0.1) is 22.1 Å². The maximum atomic E-state index is 12.2. The van der Waals surface area contributed by atoms with Crippen molar-refractivity contribution < 1.29 is 23.2 Å². The molecule has 0 bridgehead atoms. The standard InChI is InChI=1S/C11H12ClNO5S/c12-10-7-8(3-4-9(10)11(14)15)19(16,17)13-5-1-2-6-18-13/h3-4,7H,1-2,5-6H2,(H,14,15). The lowest BCUT2D eigenvalue weighted by Gasteiger charge is -2.25. The molecule has 0 spiro atoms. The Bertz CT molecular complexity index is 595. The fourth-order valence-electron chi connectivity index (χ4n) is 1.71. The minimum atomic E-state index is -3.79. The van der Waals surface area contributed by atoms with Gasteiger partial charge in [-0.1, -0.05) is 16.1 Å². The summed E-state index contributed by atoms with van der Waals surface area (Å²) in [5.74, 6) is -1.21. The van der Waals surface area contributed by atoms with Crippen molar-refractivity contribution >= 4 is 27.6 Å². The zero-order valence-electron chi connectivity index (χ0n) is 9.87. The van der Waals surface area contributed by atoms with Crippen LogP contribution in [0.4, 0.5) is 0 Å². The van der Waals surface area contributed by atoms with Gasteiger partial charge in [-0.05, 0) is 31.0 Å². The lowest BCUT2D eigenvalue weighted by Crippen LogP contribution is -2.35. The number of sulfonamides is 1. The van der Waals surface area contributed by atoms with Crippen LogP contribution < -0.4 is 0 Å². The second kappa shape index (κ2) is 5.46. The van der Waals surface area contributed by atoms with Crippen LogP contribution in [0.1, 0.15) is 23.2 Å². The number of nitrogens with zero attached hydrogens (tertiary/aromatic N) is 1. The van der Waals surface area contributed by atoms with Gasteiger partial charge in [0.15, 0.2) is 0 Å². The van der Waals surface area contributed by atoms with Crippen molar-refractivity contribution in [2.45, 2.75) is 17.7 Å². The zero-order valence-corrected chi connectivity index (χ0v) is 11.4. The summed E-state index contributed by atoms with van der Waals surface area (Å²) in [5, 5.41) is 8.72. The molecule has 0 aromatic heterocycles. The van der Waals surface area contributed by atoms with E-state index in [-0.39, 0.29) is 22.0 Å². The van der Waals surface area contributed by atoms with Crippen molar-refractivity contribution in [2.24, 2.45) is 0 Å². The Labute approximate surface area is 115 Å². The molecule has 0 saturated carbocycles. The van der Waals surface area contributed by atoms with E-state index in [0.717, 1.165) is 23.4 Å². The third kappa shape index (κ3) is 2.89. The summed E-state index contributed by atoms with van der Waals surface area (Å²) in [6.07, 6.45) is 1.53. The summed E-state index contributed by atoms with van der Waals surface area (Å²) in [5.41, 5.74) is -0.139. The van der Waals surface area contributed by atoms with Gasteiger partial charge in [0.25, 0.3) is 10.0 Å². The number of carboxylic acids is 1. The Balaban J connectivity index is 2.35. The molecular formula is C11H12ClNO5S. The van der Waals surface area contributed by atoms with E-state index in [9.17, 15) is 13.2 Å². The second-order valence-corrected chi connectivity index (χ2v) is 6.25. The number of aromatic carboxylic acids is 1. The predicted molar refractivity (Wildman–Crippen MR) is 67.5 cm³/mol. The van der Waals surface area contributed by atoms with Gasteiger partial charge >= 0.3 is 5.97 Å². The molecule has 6 nitrogen and oxygen atoms in total. The maximum Gasteiger partial charge on any atom is 0.337 e. The molecule has 1 heterocycles. The van der Waals surface area contributed by atoms with E-state index in [1.807, 2.05) is 0 Å². The van der Waals surface area contributed by atoms with Crippen molar-refractivity contribution in [1.82, 2.24) is 4.47 Å². The van der Waals surface area contributed by atoms with Crippen LogP contribution >= 0.6 is 11.6 Å². The fourth-order valence-corrected chi connectivity index (χ4v) is 3.36.